The highest BCUT2D eigenvalue weighted by atomic mass is 16.5. The second kappa shape index (κ2) is 7.82. The number of ether oxygens (including phenoxy) is 2. The van der Waals surface area contributed by atoms with Crippen molar-refractivity contribution in [1.82, 2.24) is 19.6 Å². The molecule has 3 saturated heterocycles. The zero-order valence-corrected chi connectivity index (χ0v) is 20.9. The van der Waals surface area contributed by atoms with E-state index in [1.165, 1.54) is 15.7 Å². The van der Waals surface area contributed by atoms with E-state index in [4.69, 9.17) is 9.47 Å². The molecule has 10 heteroatoms. The summed E-state index contributed by atoms with van der Waals surface area (Å²) in [6.07, 6.45) is 3.17. The van der Waals surface area contributed by atoms with Crippen LogP contribution in [0.3, 0.4) is 0 Å². The van der Waals surface area contributed by atoms with Crippen LogP contribution in [-0.2, 0) is 14.3 Å². The average molecular weight is 509 g/mol. The summed E-state index contributed by atoms with van der Waals surface area (Å²) in [5.41, 5.74) is -0.160. The van der Waals surface area contributed by atoms with Gasteiger partial charge in [0.2, 0.25) is 17.7 Å². The Morgan fingerprint density at radius 1 is 1.16 bits per heavy atom. The molecule has 38 heavy (non-hydrogen) atoms. The summed E-state index contributed by atoms with van der Waals surface area (Å²) in [6, 6.07) is 15.0. The fourth-order valence-electron chi connectivity index (χ4n) is 6.74. The molecule has 4 atom stereocenters. The minimum Gasteiger partial charge on any atom is -0.477 e. The van der Waals surface area contributed by atoms with Crippen LogP contribution in [0.5, 0.6) is 5.88 Å². The Bertz CT molecular complexity index is 1710. The normalized spacial score (nSPS) is 27.9. The molecule has 10 nitrogen and oxygen atoms in total. The van der Waals surface area contributed by atoms with Gasteiger partial charge in [-0.25, -0.2) is 9.88 Å². The first kappa shape index (κ1) is 22.8. The maximum absolute atomic E-state index is 14.0. The highest BCUT2D eigenvalue weighted by molar-refractivity contribution is 6.24. The van der Waals surface area contributed by atoms with Crippen LogP contribution < -0.4 is 9.64 Å². The number of imide groups is 1. The predicted octanol–water partition coefficient (Wildman–Crippen LogP) is 3.35. The summed E-state index contributed by atoms with van der Waals surface area (Å²) in [7, 11) is 0. The number of anilines is 1. The molecule has 7 rings (SSSR count). The molecule has 4 unspecified atom stereocenters. The third kappa shape index (κ3) is 2.99. The number of hydrogen-bond donors (Lipinski definition) is 0. The molecule has 0 aliphatic carbocycles. The maximum Gasteiger partial charge on any atom is 0.255 e. The zero-order chi connectivity index (χ0) is 26.2. The van der Waals surface area contributed by atoms with Crippen LogP contribution in [0.25, 0.3) is 16.6 Å². The number of aromatic nitrogens is 4. The number of nitriles is 1. The quantitative estimate of drug-likeness (QED) is 0.376. The number of carbonyl (C=O) groups is 2. The molecule has 0 radical (unpaired) electrons. The van der Waals surface area contributed by atoms with E-state index in [-0.39, 0.29) is 18.4 Å². The second-order valence-corrected chi connectivity index (χ2v) is 10.5. The van der Waals surface area contributed by atoms with E-state index >= 15 is 0 Å². The minimum atomic E-state index is -0.825. The van der Waals surface area contributed by atoms with E-state index in [0.29, 0.717) is 47.6 Å². The summed E-state index contributed by atoms with van der Waals surface area (Å²) in [5.74, 6) is -0.908. The van der Waals surface area contributed by atoms with Crippen molar-refractivity contribution in [3.05, 3.63) is 60.0 Å². The molecule has 5 heterocycles. The third-order valence-corrected chi connectivity index (χ3v) is 8.39. The molecular weight excluding hydrogens is 484 g/mol. The van der Waals surface area contributed by atoms with Gasteiger partial charge in [-0.3, -0.25) is 9.59 Å². The number of amides is 2. The number of aryl methyl sites for hydroxylation is 1. The number of rotatable bonds is 5. The molecule has 2 aromatic carbocycles. The van der Waals surface area contributed by atoms with Crippen molar-refractivity contribution < 1.29 is 19.1 Å². The lowest BCUT2D eigenvalue weighted by Gasteiger charge is -2.31. The Hall–Kier alpha value is -4.36. The Labute approximate surface area is 217 Å². The number of carbonyl (C=O) groups excluding carboxylic acids is 2. The summed E-state index contributed by atoms with van der Waals surface area (Å²) in [4.78, 5) is 37.5. The van der Waals surface area contributed by atoms with Crippen LogP contribution in [-0.4, -0.2) is 49.2 Å². The monoisotopic (exact) mass is 508 g/mol. The van der Waals surface area contributed by atoms with Crippen molar-refractivity contribution >= 4 is 34.1 Å². The molecule has 4 aromatic rings. The molecular formula is C28H24N6O4. The first-order valence-corrected chi connectivity index (χ1v) is 12.7. The molecule has 2 aromatic heterocycles. The SMILES string of the molecule is Cc1cc(OCCC23CCC(C)(O2)C2C(=O)N(c4ccc5ccccc5c4C#N)C(=O)C23)n2ncnc2n1. The largest absolute Gasteiger partial charge is 0.477 e. The van der Waals surface area contributed by atoms with Crippen molar-refractivity contribution in [2.24, 2.45) is 11.8 Å². The lowest BCUT2D eigenvalue weighted by atomic mass is 9.67. The highest BCUT2D eigenvalue weighted by Gasteiger charge is 2.74. The van der Waals surface area contributed by atoms with Gasteiger partial charge in [-0.05, 0) is 38.1 Å². The number of nitrogens with zero attached hydrogens (tertiary/aromatic N) is 6. The van der Waals surface area contributed by atoms with Gasteiger partial charge in [0.05, 0.1) is 40.9 Å². The van der Waals surface area contributed by atoms with E-state index in [0.717, 1.165) is 11.1 Å². The lowest BCUT2D eigenvalue weighted by molar-refractivity contribution is -0.131. The van der Waals surface area contributed by atoms with Gasteiger partial charge in [-0.1, -0.05) is 30.3 Å². The Morgan fingerprint density at radius 2 is 1.97 bits per heavy atom. The van der Waals surface area contributed by atoms with Crippen LogP contribution >= 0.6 is 0 Å². The summed E-state index contributed by atoms with van der Waals surface area (Å²) in [6.45, 7) is 4.04. The second-order valence-electron chi connectivity index (χ2n) is 10.5. The van der Waals surface area contributed by atoms with Crippen LogP contribution in [0, 0.1) is 30.1 Å². The predicted molar refractivity (Wildman–Crippen MR) is 135 cm³/mol. The first-order valence-electron chi connectivity index (χ1n) is 12.7. The number of fused-ring (bicyclic) bond motifs is 7. The topological polar surface area (TPSA) is 123 Å². The summed E-state index contributed by atoms with van der Waals surface area (Å²) >= 11 is 0. The molecule has 3 aliphatic heterocycles. The van der Waals surface area contributed by atoms with Crippen molar-refractivity contribution in [2.45, 2.75) is 44.3 Å². The van der Waals surface area contributed by atoms with E-state index < -0.39 is 23.0 Å². The van der Waals surface area contributed by atoms with Gasteiger partial charge in [0.25, 0.3) is 5.78 Å². The summed E-state index contributed by atoms with van der Waals surface area (Å²) in [5, 5.41) is 15.8. The van der Waals surface area contributed by atoms with Gasteiger partial charge < -0.3 is 9.47 Å². The summed E-state index contributed by atoms with van der Waals surface area (Å²) < 4.78 is 14.2. The van der Waals surface area contributed by atoms with Crippen molar-refractivity contribution in [3.8, 4) is 11.9 Å². The Morgan fingerprint density at radius 3 is 2.82 bits per heavy atom. The van der Waals surface area contributed by atoms with Crippen LogP contribution in [0.15, 0.2) is 48.8 Å². The van der Waals surface area contributed by atoms with Crippen molar-refractivity contribution in [2.75, 3.05) is 11.5 Å². The van der Waals surface area contributed by atoms with Gasteiger partial charge in [-0.2, -0.15) is 19.9 Å². The fraction of sp³-hybridized carbons (Fsp3) is 0.357. The molecule has 0 spiro atoms. The van der Waals surface area contributed by atoms with Gasteiger partial charge in [0.15, 0.2) is 0 Å². The van der Waals surface area contributed by atoms with Crippen LogP contribution in [0.4, 0.5) is 5.69 Å². The minimum absolute atomic E-state index is 0.263. The van der Waals surface area contributed by atoms with E-state index in [9.17, 15) is 14.9 Å². The Kier molecular flexibility index (Phi) is 4.69. The zero-order valence-electron chi connectivity index (χ0n) is 20.9. The molecule has 0 saturated carbocycles. The van der Waals surface area contributed by atoms with Crippen molar-refractivity contribution in [3.63, 3.8) is 0 Å². The molecule has 3 aliphatic rings. The maximum atomic E-state index is 14.0. The van der Waals surface area contributed by atoms with E-state index in [2.05, 4.69) is 21.1 Å². The van der Waals surface area contributed by atoms with Crippen LogP contribution in [0.2, 0.25) is 0 Å². The van der Waals surface area contributed by atoms with Gasteiger partial charge >= 0.3 is 0 Å². The standard InChI is InChI=1S/C28H24N6O4/c1-16-13-21(34-26(32-16)30-15-31-34)37-12-11-28-10-9-27(2,38-28)22-23(28)25(36)33(24(22)35)20-8-7-17-5-3-4-6-18(17)19(20)14-29/h3-8,13,15,22-23H,9-12H2,1-2H3. The smallest absolute Gasteiger partial charge is 0.255 e. The first-order chi connectivity index (χ1) is 18.3. The fourth-order valence-corrected chi connectivity index (χ4v) is 6.74. The number of benzene rings is 2. The molecule has 190 valence electrons. The molecule has 2 bridgehead atoms. The lowest BCUT2D eigenvalue weighted by Crippen LogP contribution is -2.43. The average Bonchev–Trinajstić information content (AvgIpc) is 3.63. The highest BCUT2D eigenvalue weighted by Crippen LogP contribution is 2.62. The molecule has 3 fully saturated rings. The Balaban J connectivity index is 1.21. The van der Waals surface area contributed by atoms with Crippen LogP contribution in [0.1, 0.15) is 37.4 Å². The number of hydrogen-bond acceptors (Lipinski definition) is 8. The molecule has 0 N–H and O–H groups in total. The molecule has 2 amide bonds. The van der Waals surface area contributed by atoms with Crippen molar-refractivity contribution in [1.29, 1.82) is 5.26 Å². The van der Waals surface area contributed by atoms with Gasteiger partial charge in [0.1, 0.15) is 12.4 Å². The van der Waals surface area contributed by atoms with E-state index in [1.807, 2.05) is 44.2 Å². The third-order valence-electron chi connectivity index (χ3n) is 8.39. The van der Waals surface area contributed by atoms with Gasteiger partial charge in [-0.15, -0.1) is 0 Å². The van der Waals surface area contributed by atoms with E-state index in [1.54, 1.807) is 12.1 Å². The van der Waals surface area contributed by atoms with Gasteiger partial charge in [0, 0.05) is 23.6 Å².